The molecule has 0 spiro atoms. The maximum absolute atomic E-state index is 12.8. The number of fused-ring (bicyclic) bond motifs is 5. The Morgan fingerprint density at radius 3 is 2.67 bits per heavy atom. The molecule has 0 fully saturated rings. The Balaban J connectivity index is 1.88. The minimum Gasteiger partial charge on any atom is -0.286 e. The molecule has 0 N–H and O–H groups in total. The van der Waals surface area contributed by atoms with Crippen LogP contribution in [0.2, 0.25) is 0 Å². The Morgan fingerprint density at radius 1 is 0.958 bits per heavy atom. The molecule has 0 amide bonds. The molecule has 0 radical (unpaired) electrons. The van der Waals surface area contributed by atoms with Crippen LogP contribution in [0, 0.1) is 13.8 Å². The van der Waals surface area contributed by atoms with Crippen LogP contribution in [0.4, 0.5) is 0 Å². The number of hydrogen-bond acceptors (Lipinski definition) is 3. The Kier molecular flexibility index (Phi) is 2.52. The molecule has 24 heavy (non-hydrogen) atoms. The Labute approximate surface area is 138 Å². The van der Waals surface area contributed by atoms with Crippen molar-refractivity contribution in [2.75, 3.05) is 0 Å². The van der Waals surface area contributed by atoms with E-state index in [2.05, 4.69) is 32.0 Å². The van der Waals surface area contributed by atoms with E-state index in [0.29, 0.717) is 17.8 Å². The summed E-state index contributed by atoms with van der Waals surface area (Å²) in [5, 5.41) is 1.80. The second kappa shape index (κ2) is 4.51. The lowest BCUT2D eigenvalue weighted by Crippen LogP contribution is -2.20. The Morgan fingerprint density at radius 2 is 1.79 bits per heavy atom. The highest BCUT2D eigenvalue weighted by molar-refractivity contribution is 5.88. The topological polar surface area (TPSA) is 47.8 Å². The van der Waals surface area contributed by atoms with Crippen LogP contribution in [0.3, 0.4) is 0 Å². The summed E-state index contributed by atoms with van der Waals surface area (Å²) >= 11 is 0. The van der Waals surface area contributed by atoms with E-state index in [4.69, 9.17) is 9.97 Å². The van der Waals surface area contributed by atoms with Crippen LogP contribution in [-0.4, -0.2) is 14.5 Å². The van der Waals surface area contributed by atoms with Crippen molar-refractivity contribution in [3.8, 4) is 11.5 Å². The van der Waals surface area contributed by atoms with Gasteiger partial charge in [0.05, 0.1) is 23.0 Å². The van der Waals surface area contributed by atoms with E-state index in [1.165, 1.54) is 11.1 Å². The fraction of sp³-hybridized carbons (Fsp3) is 0.150. The first-order valence-corrected chi connectivity index (χ1v) is 8.02. The Bertz CT molecular complexity index is 1220. The summed E-state index contributed by atoms with van der Waals surface area (Å²) in [6.07, 6.45) is 0. The van der Waals surface area contributed by atoms with Crippen molar-refractivity contribution in [2.24, 2.45) is 0 Å². The molecule has 0 bridgehead atoms. The van der Waals surface area contributed by atoms with Crippen molar-refractivity contribution < 1.29 is 0 Å². The van der Waals surface area contributed by atoms with Gasteiger partial charge in [-0.15, -0.1) is 0 Å². The molecule has 4 heteroatoms. The lowest BCUT2D eigenvalue weighted by atomic mass is 10.0. The molecule has 0 saturated carbocycles. The molecular weight excluding hydrogens is 298 g/mol. The zero-order chi connectivity index (χ0) is 16.4. The van der Waals surface area contributed by atoms with Gasteiger partial charge in [-0.2, -0.15) is 0 Å². The first-order chi connectivity index (χ1) is 11.6. The first-order valence-electron chi connectivity index (χ1n) is 8.02. The van der Waals surface area contributed by atoms with Crippen LogP contribution in [0.15, 0.2) is 47.3 Å². The maximum Gasteiger partial charge on any atom is 0.262 e. The summed E-state index contributed by atoms with van der Waals surface area (Å²) in [6, 6.07) is 13.9. The zero-order valence-electron chi connectivity index (χ0n) is 13.5. The summed E-state index contributed by atoms with van der Waals surface area (Å²) in [7, 11) is 0. The highest BCUT2D eigenvalue weighted by Crippen LogP contribution is 2.32. The molecule has 1 aliphatic rings. The minimum atomic E-state index is 0.00515. The number of benzene rings is 2. The molecule has 0 aliphatic carbocycles. The maximum atomic E-state index is 12.8. The number of nitrogens with zero attached hydrogens (tertiary/aromatic N) is 3. The van der Waals surface area contributed by atoms with Gasteiger partial charge >= 0.3 is 0 Å². The molecule has 116 valence electrons. The summed E-state index contributed by atoms with van der Waals surface area (Å²) in [5.74, 6) is 0.676. The highest BCUT2D eigenvalue weighted by atomic mass is 16.1. The van der Waals surface area contributed by atoms with E-state index < -0.39 is 0 Å². The lowest BCUT2D eigenvalue weighted by molar-refractivity contribution is 0.797. The normalized spacial score (nSPS) is 12.6. The second-order valence-corrected chi connectivity index (χ2v) is 6.49. The predicted octanol–water partition coefficient (Wildman–Crippen LogP) is 3.59. The first kappa shape index (κ1) is 13.4. The average molecular weight is 313 g/mol. The molecule has 1 aliphatic heterocycles. The number of pyridine rings is 1. The number of rotatable bonds is 0. The van der Waals surface area contributed by atoms with Gasteiger partial charge in [0.1, 0.15) is 5.69 Å². The summed E-state index contributed by atoms with van der Waals surface area (Å²) in [6.45, 7) is 4.72. The van der Waals surface area contributed by atoms with Gasteiger partial charge in [-0.1, -0.05) is 18.2 Å². The van der Waals surface area contributed by atoms with Crippen LogP contribution in [0.25, 0.3) is 33.3 Å². The average Bonchev–Trinajstić information content (AvgIpc) is 2.92. The fourth-order valence-corrected chi connectivity index (χ4v) is 3.65. The van der Waals surface area contributed by atoms with Crippen molar-refractivity contribution in [1.29, 1.82) is 0 Å². The van der Waals surface area contributed by atoms with E-state index in [9.17, 15) is 4.79 Å². The Hall–Kier alpha value is -3.01. The number of hydrogen-bond donors (Lipinski definition) is 0. The molecule has 0 atom stereocenters. The molecule has 4 aromatic rings. The van der Waals surface area contributed by atoms with Crippen LogP contribution in [0.1, 0.15) is 16.7 Å². The quantitative estimate of drug-likeness (QED) is 0.439. The molecule has 5 rings (SSSR count). The molecule has 2 aromatic heterocycles. The smallest absolute Gasteiger partial charge is 0.262 e. The molecule has 4 nitrogen and oxygen atoms in total. The van der Waals surface area contributed by atoms with Crippen LogP contribution < -0.4 is 5.56 Å². The van der Waals surface area contributed by atoms with Gasteiger partial charge < -0.3 is 0 Å². The third-order valence-corrected chi connectivity index (χ3v) is 4.77. The van der Waals surface area contributed by atoms with Gasteiger partial charge in [0.25, 0.3) is 5.56 Å². The van der Waals surface area contributed by atoms with Gasteiger partial charge in [-0.25, -0.2) is 9.97 Å². The van der Waals surface area contributed by atoms with Crippen molar-refractivity contribution in [3.63, 3.8) is 0 Å². The van der Waals surface area contributed by atoms with Crippen molar-refractivity contribution in [2.45, 2.75) is 20.4 Å². The standard InChI is InChI=1S/C20H15N3O/c1-11-7-12(2)15-9-13-10-23-19(18(13)21-17(15)8-11)22-16-6-4-3-5-14(16)20(23)24/h3-9H,10H2,1-2H3. The molecule has 2 aromatic carbocycles. The van der Waals surface area contributed by atoms with E-state index in [1.807, 2.05) is 24.3 Å². The largest absolute Gasteiger partial charge is 0.286 e. The molecule has 3 heterocycles. The van der Waals surface area contributed by atoms with Gasteiger partial charge in [-0.3, -0.25) is 9.36 Å². The van der Waals surface area contributed by atoms with Crippen molar-refractivity contribution >= 4 is 21.8 Å². The summed E-state index contributed by atoms with van der Waals surface area (Å²) < 4.78 is 1.74. The van der Waals surface area contributed by atoms with E-state index in [0.717, 1.165) is 27.7 Å². The number of aromatic nitrogens is 3. The highest BCUT2D eigenvalue weighted by Gasteiger charge is 2.24. The SMILES string of the molecule is Cc1cc(C)c2cc3c(nc2c1)-c1nc2ccccc2c(=O)n1C3. The van der Waals surface area contributed by atoms with Crippen LogP contribution >= 0.6 is 0 Å². The molecule has 0 unspecified atom stereocenters. The van der Waals surface area contributed by atoms with E-state index >= 15 is 0 Å². The fourth-order valence-electron chi connectivity index (χ4n) is 3.65. The lowest BCUT2D eigenvalue weighted by Gasteiger charge is -2.06. The van der Waals surface area contributed by atoms with Crippen molar-refractivity contribution in [3.05, 3.63) is 69.5 Å². The molecular formula is C20H15N3O. The zero-order valence-corrected chi connectivity index (χ0v) is 13.5. The minimum absolute atomic E-state index is 0.00515. The van der Waals surface area contributed by atoms with E-state index in [1.54, 1.807) is 4.57 Å². The third-order valence-electron chi connectivity index (χ3n) is 4.77. The number of para-hydroxylation sites is 1. The van der Waals surface area contributed by atoms with Crippen molar-refractivity contribution in [1.82, 2.24) is 14.5 Å². The van der Waals surface area contributed by atoms with E-state index in [-0.39, 0.29) is 5.56 Å². The third kappa shape index (κ3) is 1.71. The van der Waals surface area contributed by atoms with Gasteiger partial charge in [0.15, 0.2) is 5.82 Å². The second-order valence-electron chi connectivity index (χ2n) is 6.49. The van der Waals surface area contributed by atoms with Crippen LogP contribution in [-0.2, 0) is 6.54 Å². The predicted molar refractivity (Wildman–Crippen MR) is 95.3 cm³/mol. The van der Waals surface area contributed by atoms with Gasteiger partial charge in [0, 0.05) is 10.9 Å². The van der Waals surface area contributed by atoms with Crippen LogP contribution in [0.5, 0.6) is 0 Å². The number of aryl methyl sites for hydroxylation is 2. The summed E-state index contributed by atoms with van der Waals surface area (Å²) in [5.41, 5.74) is 5.98. The van der Waals surface area contributed by atoms with Gasteiger partial charge in [-0.05, 0) is 49.2 Å². The van der Waals surface area contributed by atoms with Gasteiger partial charge in [0.2, 0.25) is 0 Å². The molecule has 0 saturated heterocycles. The monoisotopic (exact) mass is 313 g/mol. The summed E-state index contributed by atoms with van der Waals surface area (Å²) in [4.78, 5) is 22.4.